The van der Waals surface area contributed by atoms with Crippen molar-refractivity contribution in [2.45, 2.75) is 30.2 Å². The minimum atomic E-state index is -3.85. The first kappa shape index (κ1) is 8.29. The Labute approximate surface area is 67.3 Å². The van der Waals surface area contributed by atoms with E-state index in [1.165, 1.54) is 7.05 Å². The largest absolute Gasteiger partial charge is 0.329 e. The molecule has 0 aromatic carbocycles. The molecule has 0 amide bonds. The van der Waals surface area contributed by atoms with E-state index in [1.807, 2.05) is 0 Å². The normalized spacial score (nSPS) is 35.8. The summed E-state index contributed by atoms with van der Waals surface area (Å²) in [5.74, 6) is -7.69. The lowest BCUT2D eigenvalue weighted by Gasteiger charge is -2.24. The van der Waals surface area contributed by atoms with Crippen molar-refractivity contribution in [2.24, 2.45) is 0 Å². The van der Waals surface area contributed by atoms with Crippen LogP contribution < -0.4 is 0 Å². The highest BCUT2D eigenvalue weighted by Crippen LogP contribution is 2.62. The maximum Gasteiger partial charge on any atom is 0.329 e. The summed E-state index contributed by atoms with van der Waals surface area (Å²) in [5, 5.41) is 0. The summed E-state index contributed by atoms with van der Waals surface area (Å²) in [5.41, 5.74) is -1.52. The maximum absolute atomic E-state index is 13.0. The van der Waals surface area contributed by atoms with Crippen molar-refractivity contribution in [1.82, 2.24) is 4.90 Å². The van der Waals surface area contributed by atoms with Crippen LogP contribution in [-0.4, -0.2) is 35.9 Å². The van der Waals surface area contributed by atoms with Crippen LogP contribution in [0.3, 0.4) is 0 Å². The topological polar surface area (TPSA) is 3.24 Å². The fourth-order valence-corrected chi connectivity index (χ4v) is 1.94. The van der Waals surface area contributed by atoms with Gasteiger partial charge in [0.15, 0.2) is 0 Å². The van der Waals surface area contributed by atoms with Gasteiger partial charge in [0.05, 0.1) is 12.1 Å². The predicted molar refractivity (Wildman–Crippen MR) is 34.5 cm³/mol. The molecule has 12 heavy (non-hydrogen) atoms. The van der Waals surface area contributed by atoms with Gasteiger partial charge in [0.25, 0.3) is 0 Å². The number of nitrogens with zero attached hydrogens (tertiary/aromatic N) is 1. The average molecular weight is 183 g/mol. The molecule has 1 saturated heterocycles. The Morgan fingerprint density at radius 2 is 1.58 bits per heavy atom. The zero-order chi connectivity index (χ0) is 9.20. The smallest absolute Gasteiger partial charge is 0.289 e. The van der Waals surface area contributed by atoms with E-state index in [4.69, 9.17) is 0 Å². The number of hydrogen-bond acceptors (Lipinski definition) is 1. The molecule has 2 rings (SSSR count). The van der Waals surface area contributed by atoms with Gasteiger partial charge in [0, 0.05) is 0 Å². The second kappa shape index (κ2) is 1.78. The van der Waals surface area contributed by atoms with Crippen LogP contribution in [-0.2, 0) is 0 Å². The molecule has 1 spiro atoms. The molecule has 2 aliphatic rings. The SMILES string of the molecule is CN1CC(F)(F)C(F)(F)C12CC2. The van der Waals surface area contributed by atoms with Crippen LogP contribution in [0.2, 0.25) is 0 Å². The zero-order valence-electron chi connectivity index (χ0n) is 6.58. The van der Waals surface area contributed by atoms with Crippen molar-refractivity contribution in [3.63, 3.8) is 0 Å². The molecule has 0 bridgehead atoms. The summed E-state index contributed by atoms with van der Waals surface area (Å²) in [7, 11) is 1.34. The van der Waals surface area contributed by atoms with Crippen molar-refractivity contribution in [3.05, 3.63) is 0 Å². The Kier molecular flexibility index (Phi) is 1.23. The average Bonchev–Trinajstić information content (AvgIpc) is 2.60. The van der Waals surface area contributed by atoms with Gasteiger partial charge in [-0.15, -0.1) is 0 Å². The molecule has 1 saturated carbocycles. The Balaban J connectivity index is 2.39. The first-order valence-corrected chi connectivity index (χ1v) is 3.80. The standard InChI is InChI=1S/C7H9F4N/c1-12-4-6(8,9)7(10,11)5(12)2-3-5/h2-4H2,1H3. The number of halogens is 4. The number of likely N-dealkylation sites (tertiary alicyclic amines) is 1. The lowest BCUT2D eigenvalue weighted by molar-refractivity contribution is -0.192. The molecule has 2 fully saturated rings. The molecule has 0 N–H and O–H groups in total. The number of hydrogen-bond donors (Lipinski definition) is 0. The molecule has 0 aromatic rings. The lowest BCUT2D eigenvalue weighted by atomic mass is 10.1. The highest BCUT2D eigenvalue weighted by Gasteiger charge is 2.80. The summed E-state index contributed by atoms with van der Waals surface area (Å²) < 4.78 is 51.5. The first-order chi connectivity index (χ1) is 5.33. The van der Waals surface area contributed by atoms with Crippen LogP contribution in [0, 0.1) is 0 Å². The maximum atomic E-state index is 13.0. The summed E-state index contributed by atoms with van der Waals surface area (Å²) in [6.45, 7) is -0.819. The van der Waals surface area contributed by atoms with Gasteiger partial charge in [-0.2, -0.15) is 17.6 Å². The monoisotopic (exact) mass is 183 g/mol. The number of alkyl halides is 4. The molecule has 1 heterocycles. The Morgan fingerprint density at radius 3 is 1.75 bits per heavy atom. The fourth-order valence-electron chi connectivity index (χ4n) is 1.94. The van der Waals surface area contributed by atoms with Crippen LogP contribution in [0.15, 0.2) is 0 Å². The predicted octanol–water partition coefficient (Wildman–Crippen LogP) is 1.73. The van der Waals surface area contributed by atoms with Crippen LogP contribution in [0.4, 0.5) is 17.6 Å². The minimum Gasteiger partial charge on any atom is -0.289 e. The van der Waals surface area contributed by atoms with Gasteiger partial charge in [-0.3, -0.25) is 4.90 Å². The van der Waals surface area contributed by atoms with Crippen LogP contribution in [0.5, 0.6) is 0 Å². The molecule has 0 unspecified atom stereocenters. The lowest BCUT2D eigenvalue weighted by Crippen LogP contribution is -2.46. The van der Waals surface area contributed by atoms with Gasteiger partial charge in [-0.1, -0.05) is 0 Å². The molecule has 1 aliphatic heterocycles. The highest BCUT2D eigenvalue weighted by molar-refractivity contribution is 5.22. The van der Waals surface area contributed by atoms with Crippen molar-refractivity contribution in [3.8, 4) is 0 Å². The summed E-state index contributed by atoms with van der Waals surface area (Å²) >= 11 is 0. The van der Waals surface area contributed by atoms with Crippen molar-refractivity contribution < 1.29 is 17.6 Å². The third kappa shape index (κ3) is 0.643. The van der Waals surface area contributed by atoms with Crippen molar-refractivity contribution >= 4 is 0 Å². The van der Waals surface area contributed by atoms with E-state index in [0.29, 0.717) is 0 Å². The fraction of sp³-hybridized carbons (Fsp3) is 1.00. The molecule has 0 radical (unpaired) electrons. The molecule has 70 valence electrons. The molecule has 0 atom stereocenters. The summed E-state index contributed by atoms with van der Waals surface area (Å²) in [4.78, 5) is 1.09. The molecule has 1 aliphatic carbocycles. The first-order valence-electron chi connectivity index (χ1n) is 3.80. The van der Waals surface area contributed by atoms with Gasteiger partial charge in [0.1, 0.15) is 0 Å². The van der Waals surface area contributed by atoms with E-state index in [-0.39, 0.29) is 12.8 Å². The van der Waals surface area contributed by atoms with Crippen LogP contribution in [0.25, 0.3) is 0 Å². The summed E-state index contributed by atoms with van der Waals surface area (Å²) in [6, 6.07) is 0. The minimum absolute atomic E-state index is 0.187. The summed E-state index contributed by atoms with van der Waals surface area (Å²) in [6.07, 6.45) is 0.373. The molecular formula is C7H9F4N. The second-order valence-electron chi connectivity index (χ2n) is 3.67. The Bertz CT molecular complexity index is 221. The molecule has 5 heteroatoms. The third-order valence-corrected chi connectivity index (χ3v) is 2.93. The highest BCUT2D eigenvalue weighted by atomic mass is 19.3. The van der Waals surface area contributed by atoms with Gasteiger partial charge < -0.3 is 0 Å². The Hall–Kier alpha value is -0.320. The van der Waals surface area contributed by atoms with E-state index < -0.39 is 23.9 Å². The van der Waals surface area contributed by atoms with E-state index in [2.05, 4.69) is 0 Å². The van der Waals surface area contributed by atoms with E-state index in [0.717, 1.165) is 4.90 Å². The van der Waals surface area contributed by atoms with E-state index in [9.17, 15) is 17.6 Å². The second-order valence-corrected chi connectivity index (χ2v) is 3.67. The van der Waals surface area contributed by atoms with E-state index in [1.54, 1.807) is 0 Å². The molecular weight excluding hydrogens is 174 g/mol. The van der Waals surface area contributed by atoms with Gasteiger partial charge in [-0.25, -0.2) is 0 Å². The van der Waals surface area contributed by atoms with Crippen LogP contribution >= 0.6 is 0 Å². The zero-order valence-corrected chi connectivity index (χ0v) is 6.58. The Morgan fingerprint density at radius 1 is 1.08 bits per heavy atom. The van der Waals surface area contributed by atoms with Gasteiger partial charge in [-0.05, 0) is 19.9 Å². The molecule has 1 nitrogen and oxygen atoms in total. The van der Waals surface area contributed by atoms with Crippen molar-refractivity contribution in [2.75, 3.05) is 13.6 Å². The number of rotatable bonds is 0. The van der Waals surface area contributed by atoms with Gasteiger partial charge >= 0.3 is 11.8 Å². The van der Waals surface area contributed by atoms with Gasteiger partial charge in [0.2, 0.25) is 0 Å². The van der Waals surface area contributed by atoms with Crippen molar-refractivity contribution in [1.29, 1.82) is 0 Å². The van der Waals surface area contributed by atoms with E-state index >= 15 is 0 Å². The quantitative estimate of drug-likeness (QED) is 0.517. The third-order valence-electron chi connectivity index (χ3n) is 2.93. The molecule has 0 aromatic heterocycles. The van der Waals surface area contributed by atoms with Crippen LogP contribution in [0.1, 0.15) is 12.8 Å².